The van der Waals surface area contributed by atoms with Crippen molar-refractivity contribution >= 4 is 11.6 Å². The Bertz CT molecular complexity index is 106. The summed E-state index contributed by atoms with van der Waals surface area (Å²) in [7, 11) is 2.22. The summed E-state index contributed by atoms with van der Waals surface area (Å²) in [6, 6.07) is 0.759. The third-order valence-corrected chi connectivity index (χ3v) is 2.83. The average Bonchev–Trinajstić information content (AvgIpc) is 2.18. The molecule has 1 aliphatic heterocycles. The first-order valence-corrected chi connectivity index (χ1v) is 5.14. The van der Waals surface area contributed by atoms with E-state index in [-0.39, 0.29) is 0 Å². The number of nitrogens with zero attached hydrogens (tertiary/aromatic N) is 1. The lowest BCUT2D eigenvalue weighted by molar-refractivity contribution is 0.241. The number of halogens is 1. The Hall–Kier alpha value is 0.250. The van der Waals surface area contributed by atoms with Crippen LogP contribution in [0.1, 0.15) is 32.1 Å². The minimum absolute atomic E-state index is 0.759. The van der Waals surface area contributed by atoms with E-state index in [0.29, 0.717) is 0 Å². The fourth-order valence-electron chi connectivity index (χ4n) is 1.81. The number of rotatable bonds is 2. The highest BCUT2D eigenvalue weighted by Gasteiger charge is 2.15. The molecule has 2 heteroatoms. The highest BCUT2D eigenvalue weighted by Crippen LogP contribution is 2.17. The number of alkyl halides is 1. The fraction of sp³-hybridized carbons (Fsp3) is 1.00. The van der Waals surface area contributed by atoms with Crippen LogP contribution in [0.15, 0.2) is 0 Å². The van der Waals surface area contributed by atoms with Crippen LogP contribution in [0.5, 0.6) is 0 Å². The van der Waals surface area contributed by atoms with Crippen molar-refractivity contribution in [1.29, 1.82) is 0 Å². The Balaban J connectivity index is 2.32. The third kappa shape index (κ3) is 3.00. The molecule has 1 heterocycles. The molecule has 0 aromatic heterocycles. The van der Waals surface area contributed by atoms with E-state index in [1.54, 1.807) is 0 Å². The van der Waals surface area contributed by atoms with E-state index in [2.05, 4.69) is 11.9 Å². The van der Waals surface area contributed by atoms with Gasteiger partial charge in [0.1, 0.15) is 0 Å². The molecule has 0 bridgehead atoms. The molecule has 0 amide bonds. The van der Waals surface area contributed by atoms with E-state index in [0.717, 1.165) is 18.3 Å². The predicted molar refractivity (Wildman–Crippen MR) is 50.2 cm³/mol. The zero-order chi connectivity index (χ0) is 8.10. The van der Waals surface area contributed by atoms with Gasteiger partial charge in [-0.15, -0.1) is 11.6 Å². The molecule has 1 nitrogen and oxygen atoms in total. The van der Waals surface area contributed by atoms with Gasteiger partial charge in [-0.2, -0.15) is 0 Å². The molecule has 0 spiro atoms. The largest absolute Gasteiger partial charge is 0.303 e. The Morgan fingerprint density at radius 2 is 2.18 bits per heavy atom. The molecule has 66 valence electrons. The van der Waals surface area contributed by atoms with E-state index in [9.17, 15) is 0 Å². The highest BCUT2D eigenvalue weighted by atomic mass is 35.5. The molecule has 1 fully saturated rings. The summed E-state index contributed by atoms with van der Waals surface area (Å²) in [4.78, 5) is 2.47. The number of hydrogen-bond donors (Lipinski definition) is 0. The van der Waals surface area contributed by atoms with E-state index < -0.39 is 0 Å². The first kappa shape index (κ1) is 9.34. The molecule has 1 aliphatic rings. The normalized spacial score (nSPS) is 28.4. The van der Waals surface area contributed by atoms with Gasteiger partial charge in [-0.25, -0.2) is 0 Å². The van der Waals surface area contributed by atoms with Crippen molar-refractivity contribution in [1.82, 2.24) is 4.90 Å². The number of hydrogen-bond acceptors (Lipinski definition) is 1. The van der Waals surface area contributed by atoms with Crippen LogP contribution in [0.2, 0.25) is 0 Å². The Kier molecular flexibility index (Phi) is 4.24. The maximum absolute atomic E-state index is 5.73. The van der Waals surface area contributed by atoms with E-state index in [1.165, 1.54) is 32.2 Å². The van der Waals surface area contributed by atoms with Crippen molar-refractivity contribution in [3.05, 3.63) is 0 Å². The van der Waals surface area contributed by atoms with Gasteiger partial charge in [0.25, 0.3) is 0 Å². The maximum Gasteiger partial charge on any atom is 0.0238 e. The molecule has 0 N–H and O–H groups in total. The Morgan fingerprint density at radius 3 is 2.91 bits per heavy atom. The second-order valence-electron chi connectivity index (χ2n) is 3.46. The quantitative estimate of drug-likeness (QED) is 0.583. The molecule has 1 atom stereocenters. The summed E-state index contributed by atoms with van der Waals surface area (Å²) in [6.45, 7) is 1.27. The van der Waals surface area contributed by atoms with Crippen molar-refractivity contribution in [3.63, 3.8) is 0 Å². The van der Waals surface area contributed by atoms with Crippen LogP contribution in [-0.2, 0) is 0 Å². The molecule has 1 unspecified atom stereocenters. The van der Waals surface area contributed by atoms with Crippen LogP contribution in [0.3, 0.4) is 0 Å². The molecule has 0 radical (unpaired) electrons. The second kappa shape index (κ2) is 5.00. The van der Waals surface area contributed by atoms with Crippen molar-refractivity contribution < 1.29 is 0 Å². The van der Waals surface area contributed by atoms with E-state index in [4.69, 9.17) is 11.6 Å². The zero-order valence-electron chi connectivity index (χ0n) is 7.35. The molecule has 0 aromatic rings. The summed E-state index contributed by atoms with van der Waals surface area (Å²) in [5.41, 5.74) is 0. The van der Waals surface area contributed by atoms with Gasteiger partial charge >= 0.3 is 0 Å². The van der Waals surface area contributed by atoms with Crippen LogP contribution < -0.4 is 0 Å². The van der Waals surface area contributed by atoms with Gasteiger partial charge < -0.3 is 4.90 Å². The van der Waals surface area contributed by atoms with Crippen LogP contribution in [0.4, 0.5) is 0 Å². The topological polar surface area (TPSA) is 3.24 Å². The summed E-state index contributed by atoms with van der Waals surface area (Å²) in [5.74, 6) is 0.814. The van der Waals surface area contributed by atoms with Crippen LogP contribution >= 0.6 is 11.6 Å². The standard InChI is InChI=1S/C9H18ClN/c1-11-8-4-2-3-5-9(11)6-7-10/h9H,2-8H2,1H3. The Labute approximate surface area is 74.7 Å². The molecule has 1 saturated heterocycles. The Morgan fingerprint density at radius 1 is 1.36 bits per heavy atom. The van der Waals surface area contributed by atoms with Crippen LogP contribution in [0, 0.1) is 0 Å². The minimum Gasteiger partial charge on any atom is -0.303 e. The smallest absolute Gasteiger partial charge is 0.0238 e. The molecule has 11 heavy (non-hydrogen) atoms. The minimum atomic E-state index is 0.759. The zero-order valence-corrected chi connectivity index (χ0v) is 8.11. The number of likely N-dealkylation sites (tertiary alicyclic amines) is 1. The van der Waals surface area contributed by atoms with E-state index in [1.807, 2.05) is 0 Å². The lowest BCUT2D eigenvalue weighted by Gasteiger charge is -2.24. The first-order valence-electron chi connectivity index (χ1n) is 4.61. The van der Waals surface area contributed by atoms with Gasteiger partial charge in [0.15, 0.2) is 0 Å². The lowest BCUT2D eigenvalue weighted by Crippen LogP contribution is -2.31. The molecule has 0 aliphatic carbocycles. The van der Waals surface area contributed by atoms with E-state index >= 15 is 0 Å². The van der Waals surface area contributed by atoms with Crippen LogP contribution in [0.25, 0.3) is 0 Å². The van der Waals surface area contributed by atoms with Gasteiger partial charge in [-0.1, -0.05) is 12.8 Å². The SMILES string of the molecule is CN1CCCCCC1CCCl. The average molecular weight is 176 g/mol. The summed E-state index contributed by atoms with van der Waals surface area (Å²) in [6.07, 6.45) is 6.69. The highest BCUT2D eigenvalue weighted by molar-refractivity contribution is 6.17. The van der Waals surface area contributed by atoms with Gasteiger partial charge in [-0.05, 0) is 32.9 Å². The van der Waals surface area contributed by atoms with Crippen molar-refractivity contribution in [2.24, 2.45) is 0 Å². The van der Waals surface area contributed by atoms with Gasteiger partial charge in [0.2, 0.25) is 0 Å². The summed E-state index contributed by atoms with van der Waals surface area (Å²) in [5, 5.41) is 0. The monoisotopic (exact) mass is 175 g/mol. The first-order chi connectivity index (χ1) is 5.34. The maximum atomic E-state index is 5.73. The van der Waals surface area contributed by atoms with Crippen molar-refractivity contribution in [2.75, 3.05) is 19.5 Å². The van der Waals surface area contributed by atoms with Crippen LogP contribution in [-0.4, -0.2) is 30.4 Å². The molecular formula is C9H18ClN. The van der Waals surface area contributed by atoms with Crippen molar-refractivity contribution in [2.45, 2.75) is 38.1 Å². The lowest BCUT2D eigenvalue weighted by atomic mass is 10.1. The molecule has 1 rings (SSSR count). The van der Waals surface area contributed by atoms with Gasteiger partial charge in [0.05, 0.1) is 0 Å². The van der Waals surface area contributed by atoms with Crippen molar-refractivity contribution in [3.8, 4) is 0 Å². The fourth-order valence-corrected chi connectivity index (χ4v) is 2.06. The third-order valence-electron chi connectivity index (χ3n) is 2.61. The molecule has 0 aromatic carbocycles. The predicted octanol–water partition coefficient (Wildman–Crippen LogP) is 2.49. The summed E-state index contributed by atoms with van der Waals surface area (Å²) < 4.78 is 0. The molecular weight excluding hydrogens is 158 g/mol. The second-order valence-corrected chi connectivity index (χ2v) is 3.84. The van der Waals surface area contributed by atoms with Gasteiger partial charge in [-0.3, -0.25) is 0 Å². The van der Waals surface area contributed by atoms with Gasteiger partial charge in [0, 0.05) is 11.9 Å². The molecule has 0 saturated carbocycles. The summed E-state index contributed by atoms with van der Waals surface area (Å²) >= 11 is 5.73.